The maximum absolute atomic E-state index is 12.9. The molecule has 1 saturated heterocycles. The van der Waals surface area contributed by atoms with Crippen LogP contribution in [0.25, 0.3) is 10.8 Å². The van der Waals surface area contributed by atoms with Crippen molar-refractivity contribution in [3.05, 3.63) is 72.3 Å². The molecular formula is C26H28N2O3. The lowest BCUT2D eigenvalue weighted by Gasteiger charge is -2.39. The van der Waals surface area contributed by atoms with Crippen LogP contribution in [0, 0.1) is 0 Å². The van der Waals surface area contributed by atoms with Gasteiger partial charge in [0.15, 0.2) is 6.61 Å². The van der Waals surface area contributed by atoms with Gasteiger partial charge >= 0.3 is 0 Å². The van der Waals surface area contributed by atoms with Gasteiger partial charge in [-0.15, -0.1) is 0 Å². The number of hydrogen-bond acceptors (Lipinski definition) is 3. The highest BCUT2D eigenvalue weighted by molar-refractivity contribution is 5.96. The van der Waals surface area contributed by atoms with Crippen molar-refractivity contribution in [1.29, 1.82) is 0 Å². The number of ether oxygens (including phenoxy) is 1. The highest BCUT2D eigenvalue weighted by Gasteiger charge is 2.29. The molecule has 5 nitrogen and oxygen atoms in total. The second-order valence-corrected chi connectivity index (χ2v) is 8.26. The summed E-state index contributed by atoms with van der Waals surface area (Å²) in [7, 11) is 0. The van der Waals surface area contributed by atoms with Crippen molar-refractivity contribution >= 4 is 28.3 Å². The van der Waals surface area contributed by atoms with Crippen LogP contribution >= 0.6 is 0 Å². The number of nitrogens with zero attached hydrogens (tertiary/aromatic N) is 1. The topological polar surface area (TPSA) is 58.6 Å². The molecule has 3 aromatic carbocycles. The second-order valence-electron chi connectivity index (χ2n) is 8.26. The third-order valence-electron chi connectivity index (χ3n) is 5.93. The number of rotatable bonds is 5. The first-order chi connectivity index (χ1) is 15.0. The minimum absolute atomic E-state index is 0.0530. The van der Waals surface area contributed by atoms with E-state index < -0.39 is 0 Å². The number of fused-ring (bicyclic) bond motifs is 1. The molecule has 0 saturated carbocycles. The van der Waals surface area contributed by atoms with Gasteiger partial charge in [-0.3, -0.25) is 9.59 Å². The van der Waals surface area contributed by atoms with Gasteiger partial charge in [0.25, 0.3) is 11.8 Å². The molecule has 0 spiro atoms. The monoisotopic (exact) mass is 416 g/mol. The van der Waals surface area contributed by atoms with E-state index in [4.69, 9.17) is 4.74 Å². The van der Waals surface area contributed by atoms with Gasteiger partial charge in [0.05, 0.1) is 0 Å². The molecule has 0 bridgehead atoms. The first-order valence-corrected chi connectivity index (χ1v) is 10.9. The molecule has 1 heterocycles. The van der Waals surface area contributed by atoms with Crippen LogP contribution in [0.4, 0.5) is 5.69 Å². The zero-order valence-electron chi connectivity index (χ0n) is 18.0. The summed E-state index contributed by atoms with van der Waals surface area (Å²) < 4.78 is 5.64. The molecular weight excluding hydrogens is 388 g/mol. The van der Waals surface area contributed by atoms with Crippen molar-refractivity contribution in [3.63, 3.8) is 0 Å². The first kappa shape index (κ1) is 20.9. The Hall–Kier alpha value is -3.34. The Balaban J connectivity index is 1.33. The Bertz CT molecular complexity index is 1070. The lowest BCUT2D eigenvalue weighted by molar-refractivity contribution is -0.118. The predicted octanol–water partition coefficient (Wildman–Crippen LogP) is 5.26. The molecule has 1 aliphatic rings. The van der Waals surface area contributed by atoms with Crippen LogP contribution in [-0.2, 0) is 4.79 Å². The molecule has 5 heteroatoms. The lowest BCUT2D eigenvalue weighted by atomic mass is 9.96. The van der Waals surface area contributed by atoms with E-state index in [9.17, 15) is 9.59 Å². The van der Waals surface area contributed by atoms with Crippen LogP contribution in [0.1, 0.15) is 43.5 Å². The van der Waals surface area contributed by atoms with E-state index in [1.54, 1.807) is 24.3 Å². The fourth-order valence-corrected chi connectivity index (χ4v) is 4.27. The molecule has 31 heavy (non-hydrogen) atoms. The number of carbonyl (C=O) groups excluding carboxylic acids is 2. The van der Waals surface area contributed by atoms with E-state index in [1.165, 1.54) is 6.42 Å². The number of anilines is 1. The summed E-state index contributed by atoms with van der Waals surface area (Å²) in [6.45, 7) is 4.14. The molecule has 3 aromatic rings. The van der Waals surface area contributed by atoms with Gasteiger partial charge in [-0.1, -0.05) is 30.3 Å². The zero-order chi connectivity index (χ0) is 21.8. The van der Waals surface area contributed by atoms with E-state index in [2.05, 4.69) is 19.2 Å². The molecule has 1 N–H and O–H groups in total. The van der Waals surface area contributed by atoms with Crippen molar-refractivity contribution < 1.29 is 14.3 Å². The molecule has 1 fully saturated rings. The van der Waals surface area contributed by atoms with Crippen LogP contribution < -0.4 is 10.1 Å². The number of nitrogens with one attached hydrogen (secondary N) is 1. The number of likely N-dealkylation sites (tertiary alicyclic amines) is 1. The Labute approximate surface area is 183 Å². The van der Waals surface area contributed by atoms with Gasteiger partial charge in [0.1, 0.15) is 5.75 Å². The summed E-state index contributed by atoms with van der Waals surface area (Å²) in [4.78, 5) is 27.2. The van der Waals surface area contributed by atoms with Gasteiger partial charge < -0.3 is 15.0 Å². The van der Waals surface area contributed by atoms with Crippen molar-refractivity contribution in [2.75, 3.05) is 11.9 Å². The molecule has 0 aliphatic carbocycles. The molecule has 1 aliphatic heterocycles. The summed E-state index contributed by atoms with van der Waals surface area (Å²) in [6, 6.07) is 21.3. The smallest absolute Gasteiger partial charge is 0.262 e. The van der Waals surface area contributed by atoms with Crippen LogP contribution in [0.5, 0.6) is 5.75 Å². The fraction of sp³-hybridized carbons (Fsp3) is 0.308. The third kappa shape index (κ3) is 4.88. The quantitative estimate of drug-likeness (QED) is 0.617. The molecule has 160 valence electrons. The number of benzene rings is 3. The Morgan fingerprint density at radius 1 is 0.935 bits per heavy atom. The van der Waals surface area contributed by atoms with Gasteiger partial charge in [-0.05, 0) is 80.3 Å². The molecule has 0 unspecified atom stereocenters. The summed E-state index contributed by atoms with van der Waals surface area (Å²) in [5.41, 5.74) is 1.29. The summed E-state index contributed by atoms with van der Waals surface area (Å²) >= 11 is 0. The van der Waals surface area contributed by atoms with Gasteiger partial charge in [0.2, 0.25) is 0 Å². The van der Waals surface area contributed by atoms with Crippen LogP contribution in [-0.4, -0.2) is 35.4 Å². The average Bonchev–Trinajstić information content (AvgIpc) is 2.78. The van der Waals surface area contributed by atoms with Crippen molar-refractivity contribution in [3.8, 4) is 5.75 Å². The maximum atomic E-state index is 12.9. The number of piperidine rings is 1. The Morgan fingerprint density at radius 2 is 1.61 bits per heavy atom. The molecule has 4 rings (SSSR count). The van der Waals surface area contributed by atoms with Gasteiger partial charge in [-0.25, -0.2) is 0 Å². The van der Waals surface area contributed by atoms with E-state index in [0.29, 0.717) is 17.0 Å². The number of carbonyl (C=O) groups is 2. The molecule has 0 aromatic heterocycles. The third-order valence-corrected chi connectivity index (χ3v) is 5.93. The normalized spacial score (nSPS) is 18.6. The van der Waals surface area contributed by atoms with Crippen molar-refractivity contribution in [1.82, 2.24) is 4.90 Å². The van der Waals surface area contributed by atoms with E-state index >= 15 is 0 Å². The summed E-state index contributed by atoms with van der Waals surface area (Å²) in [6.07, 6.45) is 3.25. The molecule has 2 atom stereocenters. The van der Waals surface area contributed by atoms with Crippen LogP contribution in [0.15, 0.2) is 66.7 Å². The van der Waals surface area contributed by atoms with Crippen LogP contribution in [0.2, 0.25) is 0 Å². The predicted molar refractivity (Wildman–Crippen MR) is 123 cm³/mol. The van der Waals surface area contributed by atoms with E-state index in [-0.39, 0.29) is 30.5 Å². The van der Waals surface area contributed by atoms with Crippen molar-refractivity contribution in [2.24, 2.45) is 0 Å². The average molecular weight is 417 g/mol. The first-order valence-electron chi connectivity index (χ1n) is 10.9. The van der Waals surface area contributed by atoms with Gasteiger partial charge in [-0.2, -0.15) is 0 Å². The largest absolute Gasteiger partial charge is 0.484 e. The molecule has 0 radical (unpaired) electrons. The molecule has 2 amide bonds. The van der Waals surface area contributed by atoms with Crippen molar-refractivity contribution in [2.45, 2.75) is 45.2 Å². The zero-order valence-corrected chi connectivity index (χ0v) is 18.0. The fourth-order valence-electron chi connectivity index (χ4n) is 4.27. The van der Waals surface area contributed by atoms with E-state index in [1.807, 2.05) is 47.4 Å². The van der Waals surface area contributed by atoms with Gasteiger partial charge in [0, 0.05) is 23.3 Å². The minimum Gasteiger partial charge on any atom is -0.484 e. The second kappa shape index (κ2) is 9.21. The highest BCUT2D eigenvalue weighted by atomic mass is 16.5. The van der Waals surface area contributed by atoms with E-state index in [0.717, 1.165) is 23.6 Å². The Morgan fingerprint density at radius 3 is 2.32 bits per heavy atom. The summed E-state index contributed by atoms with van der Waals surface area (Å²) in [5, 5.41) is 5.02. The SMILES string of the molecule is C[C@@H]1CCC[C@@H](C)N1C(=O)c1ccc(NC(=O)COc2ccc3ccccc3c2)cc1. The lowest BCUT2D eigenvalue weighted by Crippen LogP contribution is -2.47. The Kier molecular flexibility index (Phi) is 6.21. The van der Waals surface area contributed by atoms with Crippen LogP contribution in [0.3, 0.4) is 0 Å². The maximum Gasteiger partial charge on any atom is 0.262 e. The summed E-state index contributed by atoms with van der Waals surface area (Å²) in [5.74, 6) is 0.460. The minimum atomic E-state index is -0.245. The highest BCUT2D eigenvalue weighted by Crippen LogP contribution is 2.25. The number of amides is 2. The number of hydrogen-bond donors (Lipinski definition) is 1. The standard InChI is InChI=1S/C26H28N2O3/c1-18-6-5-7-19(2)28(18)26(30)21-10-13-23(14-11-21)27-25(29)17-31-24-15-12-20-8-3-4-9-22(20)16-24/h3-4,8-16,18-19H,5-7,17H2,1-2H3,(H,27,29)/t18-,19-/m1/s1.